The van der Waals surface area contributed by atoms with E-state index in [1.165, 1.54) is 0 Å². The van der Waals surface area contributed by atoms with Gasteiger partial charge in [0, 0.05) is 0 Å². The molecule has 0 fully saturated rings. The summed E-state index contributed by atoms with van der Waals surface area (Å²) in [7, 11) is 0.481. The molecule has 0 aromatic heterocycles. The lowest BCUT2D eigenvalue weighted by atomic mass is 9.90. The van der Waals surface area contributed by atoms with E-state index in [2.05, 4.69) is 4.74 Å². The molecule has 0 aromatic carbocycles. The number of ether oxygens (including phenoxy) is 1. The third kappa shape index (κ3) is 3.01. The number of carbonyl (C=O) groups excluding carboxylic acids is 2. The van der Waals surface area contributed by atoms with Gasteiger partial charge in [-0.1, -0.05) is 0 Å². The standard InChI is InChI=1S/C10H7F11O3/c1-3(5(23)24-2)4(22)6(11,12)7(13,14)8(15,16)9(17,18)10(19,20)21/h3H,1-2H3. The smallest absolute Gasteiger partial charge is 0.460 e. The van der Waals surface area contributed by atoms with Crippen LogP contribution in [0.3, 0.4) is 0 Å². The highest BCUT2D eigenvalue weighted by molar-refractivity contribution is 6.02. The van der Waals surface area contributed by atoms with Crippen LogP contribution in [0.5, 0.6) is 0 Å². The van der Waals surface area contributed by atoms with Crippen molar-refractivity contribution in [2.45, 2.75) is 36.8 Å². The molecule has 3 nitrogen and oxygen atoms in total. The molecule has 0 radical (unpaired) electrons. The first-order valence-corrected chi connectivity index (χ1v) is 5.50. The molecule has 1 unspecified atom stereocenters. The summed E-state index contributed by atoms with van der Waals surface area (Å²) < 4.78 is 143. The third-order valence-electron chi connectivity index (χ3n) is 2.80. The van der Waals surface area contributed by atoms with Crippen molar-refractivity contribution >= 4 is 11.8 Å². The van der Waals surface area contributed by atoms with E-state index in [-0.39, 0.29) is 6.92 Å². The van der Waals surface area contributed by atoms with Crippen molar-refractivity contribution in [3.63, 3.8) is 0 Å². The molecule has 0 saturated heterocycles. The van der Waals surface area contributed by atoms with Gasteiger partial charge in [0.15, 0.2) is 0 Å². The van der Waals surface area contributed by atoms with Crippen molar-refractivity contribution < 1.29 is 62.6 Å². The Morgan fingerprint density at radius 3 is 1.42 bits per heavy atom. The summed E-state index contributed by atoms with van der Waals surface area (Å²) in [6.45, 7) is 0.179. The Bertz CT molecular complexity index is 509. The number of carbonyl (C=O) groups is 2. The predicted octanol–water partition coefficient (Wildman–Crippen LogP) is 3.47. The Morgan fingerprint density at radius 2 is 1.12 bits per heavy atom. The molecular weight excluding hydrogens is 377 g/mol. The van der Waals surface area contributed by atoms with Gasteiger partial charge in [0.25, 0.3) is 0 Å². The van der Waals surface area contributed by atoms with Crippen LogP contribution in [0.1, 0.15) is 6.92 Å². The minimum atomic E-state index is -7.70. The molecule has 0 aliphatic rings. The third-order valence-corrected chi connectivity index (χ3v) is 2.80. The maximum Gasteiger partial charge on any atom is 0.460 e. The highest BCUT2D eigenvalue weighted by atomic mass is 19.4. The summed E-state index contributed by atoms with van der Waals surface area (Å²) >= 11 is 0. The summed E-state index contributed by atoms with van der Waals surface area (Å²) in [4.78, 5) is 21.8. The van der Waals surface area contributed by atoms with Crippen molar-refractivity contribution in [2.75, 3.05) is 7.11 Å². The lowest BCUT2D eigenvalue weighted by molar-refractivity contribution is -0.417. The predicted molar refractivity (Wildman–Crippen MR) is 52.0 cm³/mol. The van der Waals surface area contributed by atoms with Crippen LogP contribution in [-0.2, 0) is 14.3 Å². The molecule has 0 spiro atoms. The number of rotatable bonds is 6. The van der Waals surface area contributed by atoms with Gasteiger partial charge in [-0.15, -0.1) is 0 Å². The number of hydrogen-bond donors (Lipinski definition) is 0. The molecule has 142 valence electrons. The summed E-state index contributed by atoms with van der Waals surface area (Å²) in [6.07, 6.45) is -7.33. The maximum absolute atomic E-state index is 13.3. The number of halogens is 11. The Morgan fingerprint density at radius 1 is 0.750 bits per heavy atom. The van der Waals surface area contributed by atoms with Crippen molar-refractivity contribution in [1.82, 2.24) is 0 Å². The molecule has 0 aromatic rings. The molecule has 0 saturated carbocycles. The number of esters is 1. The average Bonchev–Trinajstić information content (AvgIpc) is 2.42. The highest BCUT2D eigenvalue weighted by Crippen LogP contribution is 2.57. The van der Waals surface area contributed by atoms with Crippen LogP contribution in [0, 0.1) is 5.92 Å². The van der Waals surface area contributed by atoms with Gasteiger partial charge in [-0.05, 0) is 6.92 Å². The van der Waals surface area contributed by atoms with Crippen molar-refractivity contribution in [2.24, 2.45) is 5.92 Å². The van der Waals surface area contributed by atoms with E-state index in [1.807, 2.05) is 0 Å². The number of hydrogen-bond acceptors (Lipinski definition) is 3. The fourth-order valence-electron chi connectivity index (χ4n) is 1.28. The topological polar surface area (TPSA) is 43.4 Å². The summed E-state index contributed by atoms with van der Waals surface area (Å²) in [6, 6.07) is 0. The molecule has 0 amide bonds. The summed E-state index contributed by atoms with van der Waals surface area (Å²) in [5, 5.41) is 0. The van der Waals surface area contributed by atoms with Crippen LogP contribution in [0.15, 0.2) is 0 Å². The number of ketones is 1. The van der Waals surface area contributed by atoms with Gasteiger partial charge >= 0.3 is 35.8 Å². The van der Waals surface area contributed by atoms with Crippen LogP contribution >= 0.6 is 0 Å². The lowest BCUT2D eigenvalue weighted by Crippen LogP contribution is -2.68. The van der Waals surface area contributed by atoms with Crippen LogP contribution < -0.4 is 0 Å². The molecule has 0 heterocycles. The molecule has 1 atom stereocenters. The zero-order valence-corrected chi connectivity index (χ0v) is 11.5. The zero-order valence-electron chi connectivity index (χ0n) is 11.5. The second kappa shape index (κ2) is 6.02. The summed E-state index contributed by atoms with van der Waals surface area (Å²) in [5.74, 6) is -37.6. The fraction of sp³-hybridized carbons (Fsp3) is 0.800. The quantitative estimate of drug-likeness (QED) is 0.400. The van der Waals surface area contributed by atoms with Crippen LogP contribution in [-0.4, -0.2) is 48.7 Å². The molecule has 24 heavy (non-hydrogen) atoms. The Hall–Kier alpha value is -1.63. The first-order valence-electron chi connectivity index (χ1n) is 5.50. The van der Waals surface area contributed by atoms with Gasteiger partial charge in [0.2, 0.25) is 5.78 Å². The van der Waals surface area contributed by atoms with Gasteiger partial charge < -0.3 is 4.74 Å². The van der Waals surface area contributed by atoms with Crippen LogP contribution in [0.4, 0.5) is 48.3 Å². The number of methoxy groups -OCH3 is 1. The van der Waals surface area contributed by atoms with E-state index in [9.17, 15) is 57.9 Å². The van der Waals surface area contributed by atoms with Gasteiger partial charge in [-0.3, -0.25) is 9.59 Å². The van der Waals surface area contributed by atoms with Gasteiger partial charge in [-0.2, -0.15) is 48.3 Å². The molecule has 14 heteroatoms. The number of Topliss-reactive ketones (excluding diaryl/α,β-unsaturated/α-hetero) is 1. The second-order valence-corrected chi connectivity index (χ2v) is 4.40. The monoisotopic (exact) mass is 384 g/mol. The Balaban J connectivity index is 6.12. The van der Waals surface area contributed by atoms with E-state index in [0.717, 1.165) is 0 Å². The normalized spacial score (nSPS) is 15.9. The SMILES string of the molecule is COC(=O)C(C)C(=O)C(F)(F)C(F)(F)C(F)(F)C(F)(F)C(F)(F)F. The minimum absolute atomic E-state index is 0.179. The Kier molecular flexibility index (Phi) is 5.61. The average molecular weight is 384 g/mol. The van der Waals surface area contributed by atoms with Gasteiger partial charge in [0.05, 0.1) is 7.11 Å². The van der Waals surface area contributed by atoms with E-state index >= 15 is 0 Å². The first-order chi connectivity index (χ1) is 10.3. The largest absolute Gasteiger partial charge is 0.468 e. The first kappa shape index (κ1) is 22.4. The Labute approximate surface area is 125 Å². The zero-order chi connectivity index (χ0) is 19.9. The van der Waals surface area contributed by atoms with Gasteiger partial charge in [-0.25, -0.2) is 0 Å². The molecule has 0 aliphatic carbocycles. The molecule has 0 N–H and O–H groups in total. The summed E-state index contributed by atoms with van der Waals surface area (Å²) in [5.41, 5.74) is 0. The van der Waals surface area contributed by atoms with Crippen molar-refractivity contribution in [3.05, 3.63) is 0 Å². The van der Waals surface area contributed by atoms with Gasteiger partial charge in [0.1, 0.15) is 5.92 Å². The van der Waals surface area contributed by atoms with Crippen molar-refractivity contribution in [3.8, 4) is 0 Å². The van der Waals surface area contributed by atoms with E-state index in [4.69, 9.17) is 0 Å². The van der Waals surface area contributed by atoms with E-state index in [0.29, 0.717) is 7.11 Å². The van der Waals surface area contributed by atoms with Crippen LogP contribution in [0.25, 0.3) is 0 Å². The van der Waals surface area contributed by atoms with E-state index < -0.39 is 47.5 Å². The molecular formula is C10H7F11O3. The molecule has 0 bridgehead atoms. The fourth-order valence-corrected chi connectivity index (χ4v) is 1.28. The molecule has 0 rings (SSSR count). The molecule has 0 aliphatic heterocycles. The van der Waals surface area contributed by atoms with E-state index in [1.54, 1.807) is 0 Å². The second-order valence-electron chi connectivity index (χ2n) is 4.40. The van der Waals surface area contributed by atoms with Crippen LogP contribution in [0.2, 0.25) is 0 Å². The highest BCUT2D eigenvalue weighted by Gasteiger charge is 2.88. The number of alkyl halides is 11. The maximum atomic E-state index is 13.3. The van der Waals surface area contributed by atoms with Crippen molar-refractivity contribution in [1.29, 1.82) is 0 Å². The minimum Gasteiger partial charge on any atom is -0.468 e. The lowest BCUT2D eigenvalue weighted by Gasteiger charge is -2.37.